The fourth-order valence-corrected chi connectivity index (χ4v) is 4.28. The second-order valence-corrected chi connectivity index (χ2v) is 5.67. The Kier molecular flexibility index (Phi) is 1.47. The van der Waals surface area contributed by atoms with Crippen LogP contribution in [0, 0.1) is 17.8 Å². The van der Waals surface area contributed by atoms with Crippen LogP contribution in [0.4, 0.5) is 0 Å². The first-order valence-electron chi connectivity index (χ1n) is 6.14. The molecule has 1 saturated carbocycles. The molecule has 5 aliphatic rings. The summed E-state index contributed by atoms with van der Waals surface area (Å²) in [5.41, 5.74) is 0. The Morgan fingerprint density at radius 3 is 2.36 bits per heavy atom. The zero-order chi connectivity index (χ0) is 9.28. The lowest BCUT2D eigenvalue weighted by atomic mass is 9.78. The molecular weight excluding hydrogens is 176 g/mol. The van der Waals surface area contributed by atoms with Crippen LogP contribution in [0.1, 0.15) is 32.6 Å². The molecule has 2 nitrogen and oxygen atoms in total. The van der Waals surface area contributed by atoms with Crippen molar-refractivity contribution < 1.29 is 9.47 Å². The van der Waals surface area contributed by atoms with E-state index in [1.807, 2.05) is 0 Å². The van der Waals surface area contributed by atoms with E-state index in [4.69, 9.17) is 9.47 Å². The molecule has 14 heavy (non-hydrogen) atoms. The minimum atomic E-state index is 0.591. The van der Waals surface area contributed by atoms with Gasteiger partial charge in [-0.2, -0.15) is 0 Å². The van der Waals surface area contributed by atoms with Crippen molar-refractivity contribution in [3.8, 4) is 0 Å². The molecule has 2 heteroatoms. The quantitative estimate of drug-likeness (QED) is 0.635. The lowest BCUT2D eigenvalue weighted by Gasteiger charge is -2.36. The van der Waals surface area contributed by atoms with Crippen molar-refractivity contribution in [2.45, 2.75) is 57.0 Å². The van der Waals surface area contributed by atoms with E-state index < -0.39 is 0 Å². The molecule has 78 valence electrons. The number of hydrogen-bond donors (Lipinski definition) is 0. The van der Waals surface area contributed by atoms with Crippen LogP contribution >= 0.6 is 0 Å². The van der Waals surface area contributed by atoms with Gasteiger partial charge in [-0.05, 0) is 37.5 Å². The molecule has 4 heterocycles. The van der Waals surface area contributed by atoms with Gasteiger partial charge in [-0.25, -0.2) is 0 Å². The molecule has 4 bridgehead atoms. The molecule has 0 spiro atoms. The highest BCUT2D eigenvalue weighted by Crippen LogP contribution is 2.55. The highest BCUT2D eigenvalue weighted by atomic mass is 16.5. The molecule has 5 fully saturated rings. The minimum Gasteiger partial charge on any atom is -0.375 e. The summed E-state index contributed by atoms with van der Waals surface area (Å²) in [5, 5.41) is 0. The summed E-state index contributed by atoms with van der Waals surface area (Å²) < 4.78 is 11.8. The van der Waals surface area contributed by atoms with E-state index in [1.54, 1.807) is 0 Å². The van der Waals surface area contributed by atoms with Crippen LogP contribution in [-0.2, 0) is 9.47 Å². The number of hydrogen-bond acceptors (Lipinski definition) is 2. The summed E-state index contributed by atoms with van der Waals surface area (Å²) in [5.74, 6) is 2.51. The van der Waals surface area contributed by atoms with E-state index in [0.717, 1.165) is 17.8 Å². The SMILES string of the molecule is CC1C2CC(C3CC4CCC3O4)C1O2. The Morgan fingerprint density at radius 2 is 1.86 bits per heavy atom. The van der Waals surface area contributed by atoms with Crippen LogP contribution in [-0.4, -0.2) is 24.4 Å². The highest BCUT2D eigenvalue weighted by Gasteiger charge is 2.58. The van der Waals surface area contributed by atoms with Crippen molar-refractivity contribution in [3.05, 3.63) is 0 Å². The summed E-state index contributed by atoms with van der Waals surface area (Å²) in [6, 6.07) is 0. The lowest BCUT2D eigenvalue weighted by Crippen LogP contribution is -2.41. The molecule has 4 saturated heterocycles. The van der Waals surface area contributed by atoms with Crippen molar-refractivity contribution in [2.24, 2.45) is 17.8 Å². The molecule has 0 aromatic carbocycles. The summed E-state index contributed by atoms with van der Waals surface area (Å²) in [6.07, 6.45) is 7.68. The Morgan fingerprint density at radius 1 is 0.929 bits per heavy atom. The Bertz CT molecular complexity index is 255. The molecule has 7 atom stereocenters. The van der Waals surface area contributed by atoms with Gasteiger partial charge in [0.25, 0.3) is 0 Å². The van der Waals surface area contributed by atoms with E-state index in [0.29, 0.717) is 24.4 Å². The van der Waals surface area contributed by atoms with Crippen molar-refractivity contribution in [3.63, 3.8) is 0 Å². The first-order valence-corrected chi connectivity index (χ1v) is 6.14. The second-order valence-electron chi connectivity index (χ2n) is 5.67. The fraction of sp³-hybridized carbons (Fsp3) is 1.00. The number of fused-ring (bicyclic) bond motifs is 3. The molecule has 0 N–H and O–H groups in total. The van der Waals surface area contributed by atoms with Gasteiger partial charge in [0, 0.05) is 5.92 Å². The van der Waals surface area contributed by atoms with Gasteiger partial charge in [0.2, 0.25) is 0 Å². The second kappa shape index (κ2) is 2.53. The summed E-state index contributed by atoms with van der Waals surface area (Å²) in [4.78, 5) is 0. The molecule has 1 aliphatic carbocycles. The standard InChI is InChI=1S/C12H18O2/c1-6-11-5-9(12(6)14-11)8-4-7-2-3-10(8)13-7/h6-12H,2-5H2,1H3. The zero-order valence-corrected chi connectivity index (χ0v) is 8.69. The van der Waals surface area contributed by atoms with Crippen LogP contribution in [0.15, 0.2) is 0 Å². The van der Waals surface area contributed by atoms with Gasteiger partial charge >= 0.3 is 0 Å². The largest absolute Gasteiger partial charge is 0.375 e. The van der Waals surface area contributed by atoms with Gasteiger partial charge in [0.1, 0.15) is 0 Å². The Hall–Kier alpha value is -0.0800. The van der Waals surface area contributed by atoms with Crippen LogP contribution in [0.2, 0.25) is 0 Å². The van der Waals surface area contributed by atoms with Crippen molar-refractivity contribution in [1.29, 1.82) is 0 Å². The van der Waals surface area contributed by atoms with Crippen molar-refractivity contribution in [1.82, 2.24) is 0 Å². The molecule has 0 aromatic rings. The first kappa shape index (κ1) is 8.12. The van der Waals surface area contributed by atoms with E-state index in [1.165, 1.54) is 25.7 Å². The van der Waals surface area contributed by atoms with Crippen LogP contribution in [0.25, 0.3) is 0 Å². The predicted octanol–water partition coefficient (Wildman–Crippen LogP) is 1.98. The molecule has 0 radical (unpaired) electrons. The summed E-state index contributed by atoms with van der Waals surface area (Å²) in [7, 11) is 0. The average Bonchev–Trinajstić information content (AvgIpc) is 2.93. The van der Waals surface area contributed by atoms with Crippen LogP contribution < -0.4 is 0 Å². The maximum atomic E-state index is 5.94. The van der Waals surface area contributed by atoms with Gasteiger partial charge in [-0.1, -0.05) is 6.92 Å². The normalized spacial score (nSPS) is 64.5. The van der Waals surface area contributed by atoms with E-state index in [2.05, 4.69) is 6.92 Å². The molecule has 4 aliphatic heterocycles. The van der Waals surface area contributed by atoms with E-state index in [-0.39, 0.29) is 0 Å². The monoisotopic (exact) mass is 194 g/mol. The minimum absolute atomic E-state index is 0.591. The number of rotatable bonds is 1. The Balaban J connectivity index is 1.55. The average molecular weight is 194 g/mol. The van der Waals surface area contributed by atoms with E-state index >= 15 is 0 Å². The maximum absolute atomic E-state index is 5.94. The van der Waals surface area contributed by atoms with Crippen molar-refractivity contribution >= 4 is 0 Å². The van der Waals surface area contributed by atoms with Gasteiger partial charge in [0.15, 0.2) is 0 Å². The lowest BCUT2D eigenvalue weighted by molar-refractivity contribution is -0.135. The fourth-order valence-electron chi connectivity index (χ4n) is 4.28. The Labute approximate surface area is 85.0 Å². The van der Waals surface area contributed by atoms with Crippen LogP contribution in [0.3, 0.4) is 0 Å². The smallest absolute Gasteiger partial charge is 0.0662 e. The first-order chi connectivity index (χ1) is 6.83. The van der Waals surface area contributed by atoms with E-state index in [9.17, 15) is 0 Å². The summed E-state index contributed by atoms with van der Waals surface area (Å²) in [6.45, 7) is 2.35. The van der Waals surface area contributed by atoms with Gasteiger partial charge < -0.3 is 9.47 Å². The third-order valence-electron chi connectivity index (χ3n) is 5.07. The van der Waals surface area contributed by atoms with Crippen molar-refractivity contribution in [2.75, 3.05) is 0 Å². The molecule has 0 amide bonds. The third-order valence-corrected chi connectivity index (χ3v) is 5.07. The number of ether oxygens (including phenoxy) is 2. The highest BCUT2D eigenvalue weighted by molar-refractivity contribution is 5.05. The van der Waals surface area contributed by atoms with Gasteiger partial charge in [-0.15, -0.1) is 0 Å². The van der Waals surface area contributed by atoms with Crippen LogP contribution in [0.5, 0.6) is 0 Å². The van der Waals surface area contributed by atoms with Gasteiger partial charge in [0.05, 0.1) is 24.4 Å². The molecular formula is C12H18O2. The van der Waals surface area contributed by atoms with Gasteiger partial charge in [-0.3, -0.25) is 0 Å². The molecule has 0 aromatic heterocycles. The zero-order valence-electron chi connectivity index (χ0n) is 8.69. The molecule has 7 unspecified atom stereocenters. The predicted molar refractivity (Wildman–Crippen MR) is 51.9 cm³/mol. The third kappa shape index (κ3) is 0.849. The maximum Gasteiger partial charge on any atom is 0.0662 e. The topological polar surface area (TPSA) is 18.5 Å². The molecule has 5 rings (SSSR count). The summed E-state index contributed by atoms with van der Waals surface area (Å²) >= 11 is 0.